The third-order valence-corrected chi connectivity index (χ3v) is 3.27. The van der Waals surface area contributed by atoms with Crippen molar-refractivity contribution in [3.8, 4) is 0 Å². The Kier molecular flexibility index (Phi) is 3.39. The van der Waals surface area contributed by atoms with E-state index in [1.54, 1.807) is 0 Å². The van der Waals surface area contributed by atoms with E-state index in [1.807, 2.05) is 0 Å². The Labute approximate surface area is 92.3 Å². The quantitative estimate of drug-likeness (QED) is 0.792. The smallest absolute Gasteiger partial charge is 0.0452 e. The van der Waals surface area contributed by atoms with Gasteiger partial charge in [-0.3, -0.25) is 0 Å². The van der Waals surface area contributed by atoms with Gasteiger partial charge in [0.15, 0.2) is 0 Å². The Balaban J connectivity index is 2.13. The van der Waals surface area contributed by atoms with Crippen LogP contribution in [0.1, 0.15) is 24.1 Å². The van der Waals surface area contributed by atoms with Crippen LogP contribution >= 0.6 is 0 Å². The molecule has 1 aromatic rings. The molecule has 1 atom stereocenters. The number of rotatable bonds is 2. The Hall–Kier alpha value is -0.860. The molecule has 0 saturated carbocycles. The second-order valence-corrected chi connectivity index (χ2v) is 4.26. The Bertz CT molecular complexity index is 322. The van der Waals surface area contributed by atoms with E-state index in [2.05, 4.69) is 48.3 Å². The Morgan fingerprint density at radius 2 is 2.20 bits per heavy atom. The molecule has 1 N–H and O–H groups in total. The predicted molar refractivity (Wildman–Crippen MR) is 64.0 cm³/mol. The van der Waals surface area contributed by atoms with E-state index in [1.165, 1.54) is 17.7 Å². The lowest BCUT2D eigenvalue weighted by Gasteiger charge is -2.33. The maximum Gasteiger partial charge on any atom is 0.0452 e. The van der Waals surface area contributed by atoms with Crippen LogP contribution in [0.25, 0.3) is 0 Å². The molecule has 1 saturated heterocycles. The SMILES string of the molecule is CCN1CCNC(c2ccccc2C)C1. The molecular formula is C13H20N2. The summed E-state index contributed by atoms with van der Waals surface area (Å²) in [4.78, 5) is 2.51. The Morgan fingerprint density at radius 3 is 2.93 bits per heavy atom. The minimum absolute atomic E-state index is 0.514. The first-order valence-electron chi connectivity index (χ1n) is 5.82. The molecule has 0 aromatic heterocycles. The van der Waals surface area contributed by atoms with Crippen molar-refractivity contribution < 1.29 is 0 Å². The highest BCUT2D eigenvalue weighted by atomic mass is 15.2. The van der Waals surface area contributed by atoms with Crippen molar-refractivity contribution >= 4 is 0 Å². The number of piperazine rings is 1. The summed E-state index contributed by atoms with van der Waals surface area (Å²) < 4.78 is 0. The van der Waals surface area contributed by atoms with Crippen LogP contribution < -0.4 is 5.32 Å². The van der Waals surface area contributed by atoms with Crippen molar-refractivity contribution in [2.75, 3.05) is 26.2 Å². The fourth-order valence-electron chi connectivity index (χ4n) is 2.28. The second kappa shape index (κ2) is 4.77. The summed E-state index contributed by atoms with van der Waals surface area (Å²) in [6.07, 6.45) is 0. The summed E-state index contributed by atoms with van der Waals surface area (Å²) in [5, 5.41) is 3.60. The van der Waals surface area contributed by atoms with E-state index >= 15 is 0 Å². The van der Waals surface area contributed by atoms with Gasteiger partial charge in [0.25, 0.3) is 0 Å². The van der Waals surface area contributed by atoms with E-state index in [4.69, 9.17) is 0 Å². The minimum atomic E-state index is 0.514. The summed E-state index contributed by atoms with van der Waals surface area (Å²) in [6, 6.07) is 9.20. The van der Waals surface area contributed by atoms with Crippen molar-refractivity contribution in [2.24, 2.45) is 0 Å². The number of likely N-dealkylation sites (N-methyl/N-ethyl adjacent to an activating group) is 1. The van der Waals surface area contributed by atoms with Gasteiger partial charge in [0.05, 0.1) is 0 Å². The molecule has 1 aliphatic heterocycles. The molecule has 0 bridgehead atoms. The molecule has 1 unspecified atom stereocenters. The third kappa shape index (κ3) is 2.39. The highest BCUT2D eigenvalue weighted by Crippen LogP contribution is 2.20. The lowest BCUT2D eigenvalue weighted by atomic mass is 9.99. The van der Waals surface area contributed by atoms with E-state index in [0.717, 1.165) is 19.6 Å². The topological polar surface area (TPSA) is 15.3 Å². The summed E-state index contributed by atoms with van der Waals surface area (Å²) in [7, 11) is 0. The summed E-state index contributed by atoms with van der Waals surface area (Å²) in [5.41, 5.74) is 2.85. The van der Waals surface area contributed by atoms with Crippen LogP contribution in [0.3, 0.4) is 0 Å². The van der Waals surface area contributed by atoms with Crippen molar-refractivity contribution in [3.63, 3.8) is 0 Å². The van der Waals surface area contributed by atoms with Crippen LogP contribution in [-0.4, -0.2) is 31.1 Å². The van der Waals surface area contributed by atoms with E-state index in [-0.39, 0.29) is 0 Å². The van der Waals surface area contributed by atoms with Crippen LogP contribution in [0, 0.1) is 6.92 Å². The molecule has 15 heavy (non-hydrogen) atoms. The van der Waals surface area contributed by atoms with Gasteiger partial charge in [0, 0.05) is 25.7 Å². The molecule has 0 spiro atoms. The average molecular weight is 204 g/mol. The molecular weight excluding hydrogens is 184 g/mol. The molecule has 1 heterocycles. The monoisotopic (exact) mass is 204 g/mol. The van der Waals surface area contributed by atoms with Crippen molar-refractivity contribution in [2.45, 2.75) is 19.9 Å². The summed E-state index contributed by atoms with van der Waals surface area (Å²) in [6.45, 7) is 9.01. The summed E-state index contributed by atoms with van der Waals surface area (Å²) in [5.74, 6) is 0. The van der Waals surface area contributed by atoms with Gasteiger partial charge in [0.2, 0.25) is 0 Å². The summed E-state index contributed by atoms with van der Waals surface area (Å²) >= 11 is 0. The van der Waals surface area contributed by atoms with Crippen molar-refractivity contribution in [1.82, 2.24) is 10.2 Å². The molecule has 0 aliphatic carbocycles. The van der Waals surface area contributed by atoms with Crippen LogP contribution in [-0.2, 0) is 0 Å². The van der Waals surface area contributed by atoms with Crippen molar-refractivity contribution in [3.05, 3.63) is 35.4 Å². The first-order chi connectivity index (χ1) is 7.31. The van der Waals surface area contributed by atoms with Gasteiger partial charge in [-0.15, -0.1) is 0 Å². The largest absolute Gasteiger partial charge is 0.308 e. The highest BCUT2D eigenvalue weighted by molar-refractivity contribution is 5.29. The molecule has 2 rings (SSSR count). The number of benzene rings is 1. The van der Waals surface area contributed by atoms with E-state index < -0.39 is 0 Å². The zero-order valence-corrected chi connectivity index (χ0v) is 9.66. The second-order valence-electron chi connectivity index (χ2n) is 4.26. The molecule has 1 fully saturated rings. The molecule has 1 aliphatic rings. The fourth-order valence-corrected chi connectivity index (χ4v) is 2.28. The van der Waals surface area contributed by atoms with Crippen LogP contribution in [0.2, 0.25) is 0 Å². The zero-order chi connectivity index (χ0) is 10.7. The van der Waals surface area contributed by atoms with Crippen molar-refractivity contribution in [1.29, 1.82) is 0 Å². The lowest BCUT2D eigenvalue weighted by molar-refractivity contribution is 0.210. The van der Waals surface area contributed by atoms with Gasteiger partial charge in [-0.2, -0.15) is 0 Å². The lowest BCUT2D eigenvalue weighted by Crippen LogP contribution is -2.45. The molecule has 82 valence electrons. The number of nitrogens with one attached hydrogen (secondary N) is 1. The van der Waals surface area contributed by atoms with Crippen LogP contribution in [0.5, 0.6) is 0 Å². The third-order valence-electron chi connectivity index (χ3n) is 3.27. The normalized spacial score (nSPS) is 22.9. The predicted octanol–water partition coefficient (Wildman–Crippen LogP) is 1.96. The highest BCUT2D eigenvalue weighted by Gasteiger charge is 2.20. The van der Waals surface area contributed by atoms with Gasteiger partial charge in [-0.25, -0.2) is 0 Å². The van der Waals surface area contributed by atoms with Crippen LogP contribution in [0.15, 0.2) is 24.3 Å². The average Bonchev–Trinajstić information content (AvgIpc) is 2.30. The fraction of sp³-hybridized carbons (Fsp3) is 0.538. The minimum Gasteiger partial charge on any atom is -0.308 e. The van der Waals surface area contributed by atoms with E-state index in [0.29, 0.717) is 6.04 Å². The van der Waals surface area contributed by atoms with Gasteiger partial charge in [0.1, 0.15) is 0 Å². The Morgan fingerprint density at radius 1 is 1.40 bits per heavy atom. The maximum absolute atomic E-state index is 3.60. The van der Waals surface area contributed by atoms with Gasteiger partial charge < -0.3 is 10.2 Å². The molecule has 1 aromatic carbocycles. The number of aryl methyl sites for hydroxylation is 1. The first-order valence-corrected chi connectivity index (χ1v) is 5.82. The number of hydrogen-bond donors (Lipinski definition) is 1. The van der Waals surface area contributed by atoms with E-state index in [9.17, 15) is 0 Å². The molecule has 2 heteroatoms. The number of hydrogen-bond acceptors (Lipinski definition) is 2. The van der Waals surface area contributed by atoms with Gasteiger partial charge in [-0.05, 0) is 24.6 Å². The van der Waals surface area contributed by atoms with Gasteiger partial charge >= 0.3 is 0 Å². The standard InChI is InChI=1S/C13H20N2/c1-3-15-9-8-14-13(10-15)12-7-5-4-6-11(12)2/h4-7,13-14H,3,8-10H2,1-2H3. The van der Waals surface area contributed by atoms with Gasteiger partial charge in [-0.1, -0.05) is 31.2 Å². The maximum atomic E-state index is 3.60. The molecule has 2 nitrogen and oxygen atoms in total. The number of nitrogens with zero attached hydrogens (tertiary/aromatic N) is 1. The van der Waals surface area contributed by atoms with Crippen LogP contribution in [0.4, 0.5) is 0 Å². The first kappa shape index (κ1) is 10.7. The zero-order valence-electron chi connectivity index (χ0n) is 9.66. The molecule has 0 amide bonds. The molecule has 0 radical (unpaired) electrons.